The van der Waals surface area contributed by atoms with Gasteiger partial charge in [0.15, 0.2) is 11.5 Å². The van der Waals surface area contributed by atoms with Crippen LogP contribution in [0.25, 0.3) is 21.6 Å². The third-order valence-electron chi connectivity index (χ3n) is 4.19. The summed E-state index contributed by atoms with van der Waals surface area (Å²) in [6.45, 7) is 1.81. The van der Waals surface area contributed by atoms with Crippen LogP contribution in [0.15, 0.2) is 41.8 Å². The van der Waals surface area contributed by atoms with Crippen molar-refractivity contribution in [2.75, 3.05) is 5.32 Å². The van der Waals surface area contributed by atoms with E-state index in [-0.39, 0.29) is 10.7 Å². The van der Waals surface area contributed by atoms with E-state index in [0.717, 1.165) is 4.88 Å². The molecule has 3 heterocycles. The number of pyridine rings is 1. The van der Waals surface area contributed by atoms with Gasteiger partial charge in [-0.15, -0.1) is 11.3 Å². The molecule has 0 radical (unpaired) electrons. The minimum absolute atomic E-state index is 0.0247. The Hall–Kier alpha value is -2.77. The van der Waals surface area contributed by atoms with Gasteiger partial charge in [0.2, 0.25) is 0 Å². The highest BCUT2D eigenvalue weighted by Gasteiger charge is 2.20. The topological polar surface area (TPSA) is 59.8 Å². The minimum Gasteiger partial charge on any atom is -0.319 e. The number of nitrogens with zero attached hydrogens (tertiary/aromatic N) is 3. The van der Waals surface area contributed by atoms with Gasteiger partial charge >= 0.3 is 0 Å². The van der Waals surface area contributed by atoms with E-state index in [1.54, 1.807) is 23.9 Å². The zero-order chi connectivity index (χ0) is 19.1. The number of carbonyl (C=O) groups is 1. The lowest BCUT2D eigenvalue weighted by atomic mass is 10.1. The molecular formula is C19H14ClFN4OS. The van der Waals surface area contributed by atoms with E-state index in [2.05, 4.69) is 15.4 Å². The molecule has 1 aromatic carbocycles. The normalized spacial score (nSPS) is 11.1. The molecule has 0 saturated carbocycles. The highest BCUT2D eigenvalue weighted by atomic mass is 35.5. The summed E-state index contributed by atoms with van der Waals surface area (Å²) in [4.78, 5) is 18.6. The molecule has 4 aromatic rings. The first-order chi connectivity index (χ1) is 13.0. The number of aryl methyl sites for hydroxylation is 2. The van der Waals surface area contributed by atoms with Crippen LogP contribution >= 0.6 is 22.9 Å². The van der Waals surface area contributed by atoms with Crippen LogP contribution in [0, 0.1) is 12.7 Å². The maximum Gasteiger partial charge on any atom is 0.256 e. The fourth-order valence-electron chi connectivity index (χ4n) is 2.96. The van der Waals surface area contributed by atoms with Crippen LogP contribution in [0.4, 0.5) is 10.1 Å². The third kappa shape index (κ3) is 3.09. The van der Waals surface area contributed by atoms with E-state index < -0.39 is 11.7 Å². The number of halogens is 2. The molecule has 0 fully saturated rings. The molecule has 5 nitrogen and oxygen atoms in total. The van der Waals surface area contributed by atoms with Crippen molar-refractivity contribution in [1.29, 1.82) is 0 Å². The van der Waals surface area contributed by atoms with Crippen LogP contribution < -0.4 is 5.32 Å². The van der Waals surface area contributed by atoms with Crippen molar-refractivity contribution < 1.29 is 9.18 Å². The summed E-state index contributed by atoms with van der Waals surface area (Å²) < 4.78 is 15.8. The quantitative estimate of drug-likeness (QED) is 0.523. The van der Waals surface area contributed by atoms with Crippen molar-refractivity contribution in [3.8, 4) is 10.6 Å². The van der Waals surface area contributed by atoms with Crippen LogP contribution in [0.5, 0.6) is 0 Å². The average Bonchev–Trinajstić information content (AvgIpc) is 3.27. The van der Waals surface area contributed by atoms with Gasteiger partial charge in [-0.05, 0) is 36.6 Å². The molecule has 27 heavy (non-hydrogen) atoms. The third-order valence-corrected chi connectivity index (χ3v) is 5.37. The second-order valence-electron chi connectivity index (χ2n) is 6.00. The molecule has 0 unspecified atom stereocenters. The fourth-order valence-corrected chi connectivity index (χ4v) is 3.83. The lowest BCUT2D eigenvalue weighted by molar-refractivity contribution is 0.102. The van der Waals surface area contributed by atoms with Gasteiger partial charge in [-0.1, -0.05) is 23.7 Å². The lowest BCUT2D eigenvalue weighted by Crippen LogP contribution is -2.14. The van der Waals surface area contributed by atoms with Gasteiger partial charge in [-0.3, -0.25) is 9.48 Å². The summed E-state index contributed by atoms with van der Waals surface area (Å²) in [5.41, 5.74) is 2.34. The van der Waals surface area contributed by atoms with Crippen molar-refractivity contribution in [2.24, 2.45) is 7.05 Å². The molecule has 0 spiro atoms. The van der Waals surface area contributed by atoms with E-state index in [1.807, 2.05) is 24.4 Å². The molecule has 0 aliphatic rings. The number of benzene rings is 1. The molecule has 136 valence electrons. The second-order valence-corrected chi connectivity index (χ2v) is 7.35. The summed E-state index contributed by atoms with van der Waals surface area (Å²) >= 11 is 7.34. The largest absolute Gasteiger partial charge is 0.319 e. The molecule has 4 rings (SSSR count). The number of amides is 1. The first-order valence-corrected chi connectivity index (χ1v) is 9.35. The van der Waals surface area contributed by atoms with Crippen LogP contribution in [0.1, 0.15) is 16.1 Å². The van der Waals surface area contributed by atoms with Crippen molar-refractivity contribution in [3.63, 3.8) is 0 Å². The smallest absolute Gasteiger partial charge is 0.256 e. The van der Waals surface area contributed by atoms with E-state index in [1.165, 1.54) is 23.5 Å². The van der Waals surface area contributed by atoms with Crippen LogP contribution in [0.2, 0.25) is 5.02 Å². The van der Waals surface area contributed by atoms with Crippen LogP contribution in [-0.2, 0) is 7.05 Å². The number of thiophene rings is 1. The average molecular weight is 401 g/mol. The SMILES string of the molecule is Cc1nn(C)c2nc(-c3cccs3)cc(C(=O)Nc3cccc(Cl)c3F)c12. The minimum atomic E-state index is -0.667. The summed E-state index contributed by atoms with van der Waals surface area (Å²) in [5, 5.41) is 9.51. The van der Waals surface area contributed by atoms with Crippen molar-refractivity contribution in [3.05, 3.63) is 63.9 Å². The molecule has 1 N–H and O–H groups in total. The van der Waals surface area contributed by atoms with E-state index in [4.69, 9.17) is 11.6 Å². The number of aromatic nitrogens is 3. The highest BCUT2D eigenvalue weighted by Crippen LogP contribution is 2.30. The number of anilines is 1. The number of carbonyl (C=O) groups excluding carboxylic acids is 1. The molecular weight excluding hydrogens is 387 g/mol. The number of rotatable bonds is 3. The van der Waals surface area contributed by atoms with E-state index in [0.29, 0.717) is 28.0 Å². The first-order valence-electron chi connectivity index (χ1n) is 8.09. The summed E-state index contributed by atoms with van der Waals surface area (Å²) in [7, 11) is 1.78. The van der Waals surface area contributed by atoms with Gasteiger partial charge in [0.25, 0.3) is 5.91 Å². The molecule has 0 saturated heterocycles. The summed E-state index contributed by atoms with van der Waals surface area (Å²) in [5.74, 6) is -1.11. The Bertz CT molecular complexity index is 1170. The molecule has 0 bridgehead atoms. The predicted octanol–water partition coefficient (Wildman–Crippen LogP) is 5.05. The summed E-state index contributed by atoms with van der Waals surface area (Å²) in [6.07, 6.45) is 0. The Morgan fingerprint density at radius 3 is 2.85 bits per heavy atom. The zero-order valence-electron chi connectivity index (χ0n) is 14.5. The fraction of sp³-hybridized carbons (Fsp3) is 0.105. The highest BCUT2D eigenvalue weighted by molar-refractivity contribution is 7.13. The van der Waals surface area contributed by atoms with Crippen molar-refractivity contribution >= 4 is 45.6 Å². The monoisotopic (exact) mass is 400 g/mol. The summed E-state index contributed by atoms with van der Waals surface area (Å²) in [6, 6.07) is 10.0. The molecule has 3 aromatic heterocycles. The first kappa shape index (κ1) is 17.6. The Morgan fingerprint density at radius 1 is 1.30 bits per heavy atom. The van der Waals surface area contributed by atoms with E-state index >= 15 is 0 Å². The number of hydrogen-bond acceptors (Lipinski definition) is 4. The zero-order valence-corrected chi connectivity index (χ0v) is 16.0. The standard InChI is InChI=1S/C19H14ClFN4OS/c1-10-16-11(19(26)23-13-6-3-5-12(20)17(13)21)9-14(15-7-4-8-27-15)22-18(16)25(2)24-10/h3-9H,1-2H3,(H,23,26). The molecule has 0 atom stereocenters. The van der Waals surface area contributed by atoms with Gasteiger partial charge in [0.1, 0.15) is 0 Å². The Kier molecular flexibility index (Phi) is 4.41. The van der Waals surface area contributed by atoms with Crippen LogP contribution in [0.3, 0.4) is 0 Å². The second kappa shape index (κ2) is 6.75. The molecule has 1 amide bonds. The number of hydrogen-bond donors (Lipinski definition) is 1. The predicted molar refractivity (Wildman–Crippen MR) is 106 cm³/mol. The Balaban J connectivity index is 1.86. The van der Waals surface area contributed by atoms with Gasteiger partial charge in [-0.2, -0.15) is 5.10 Å². The van der Waals surface area contributed by atoms with Gasteiger partial charge in [-0.25, -0.2) is 9.37 Å². The van der Waals surface area contributed by atoms with E-state index in [9.17, 15) is 9.18 Å². The molecule has 0 aliphatic carbocycles. The lowest BCUT2D eigenvalue weighted by Gasteiger charge is -2.10. The van der Waals surface area contributed by atoms with Gasteiger partial charge in [0, 0.05) is 7.05 Å². The van der Waals surface area contributed by atoms with Crippen LogP contribution in [-0.4, -0.2) is 20.7 Å². The number of fused-ring (bicyclic) bond motifs is 1. The van der Waals surface area contributed by atoms with Crippen molar-refractivity contribution in [1.82, 2.24) is 14.8 Å². The van der Waals surface area contributed by atoms with Gasteiger partial charge < -0.3 is 5.32 Å². The number of nitrogens with one attached hydrogen (secondary N) is 1. The maximum absolute atomic E-state index is 14.2. The molecule has 0 aliphatic heterocycles. The van der Waals surface area contributed by atoms with Gasteiger partial charge in [0.05, 0.1) is 37.9 Å². The Labute approximate surface area is 163 Å². The molecule has 8 heteroatoms. The maximum atomic E-state index is 14.2. The Morgan fingerprint density at radius 2 is 2.11 bits per heavy atom. The van der Waals surface area contributed by atoms with Crippen molar-refractivity contribution in [2.45, 2.75) is 6.92 Å².